The minimum absolute atomic E-state index is 0.110. The van der Waals surface area contributed by atoms with Crippen molar-refractivity contribution in [1.29, 1.82) is 0 Å². The summed E-state index contributed by atoms with van der Waals surface area (Å²) in [5, 5.41) is 9.49. The first-order chi connectivity index (χ1) is 5.87. The smallest absolute Gasteiger partial charge is 0.302 e. The molecule has 3 heteroatoms. The molecule has 0 amide bonds. The summed E-state index contributed by atoms with van der Waals surface area (Å²) in [5.41, 5.74) is 0.111. The zero-order valence-corrected chi connectivity index (χ0v) is 8.96. The van der Waals surface area contributed by atoms with Crippen molar-refractivity contribution < 1.29 is 14.6 Å². The van der Waals surface area contributed by atoms with Crippen LogP contribution in [0.4, 0.5) is 0 Å². The fraction of sp³-hybridized carbons (Fsp3) is 0.900. The van der Waals surface area contributed by atoms with Gasteiger partial charge in [-0.1, -0.05) is 27.2 Å². The molecular formula is C10H20O3. The third-order valence-electron chi connectivity index (χ3n) is 2.22. The fourth-order valence-electron chi connectivity index (χ4n) is 1.05. The van der Waals surface area contributed by atoms with Crippen LogP contribution in [0.25, 0.3) is 0 Å². The van der Waals surface area contributed by atoms with Gasteiger partial charge in [-0.3, -0.25) is 4.79 Å². The summed E-state index contributed by atoms with van der Waals surface area (Å²) in [6, 6.07) is 0. The van der Waals surface area contributed by atoms with Crippen LogP contribution in [0.1, 0.15) is 40.5 Å². The van der Waals surface area contributed by atoms with Gasteiger partial charge in [-0.15, -0.1) is 0 Å². The maximum atomic E-state index is 10.5. The topological polar surface area (TPSA) is 46.5 Å². The molecule has 1 unspecified atom stereocenters. The highest BCUT2D eigenvalue weighted by Gasteiger charge is 2.20. The van der Waals surface area contributed by atoms with E-state index in [1.807, 2.05) is 0 Å². The Bertz CT molecular complexity index is 164. The van der Waals surface area contributed by atoms with Gasteiger partial charge < -0.3 is 9.84 Å². The Morgan fingerprint density at radius 3 is 2.46 bits per heavy atom. The predicted octanol–water partition coefficient (Wildman–Crippen LogP) is 1.74. The van der Waals surface area contributed by atoms with Crippen LogP contribution in [-0.2, 0) is 9.53 Å². The van der Waals surface area contributed by atoms with E-state index >= 15 is 0 Å². The van der Waals surface area contributed by atoms with E-state index < -0.39 is 6.10 Å². The van der Waals surface area contributed by atoms with Crippen molar-refractivity contribution in [2.45, 2.75) is 46.6 Å². The number of carbonyl (C=O) groups excluding carboxylic acids is 1. The lowest BCUT2D eigenvalue weighted by molar-refractivity contribution is -0.144. The molecule has 0 aliphatic carbocycles. The van der Waals surface area contributed by atoms with Gasteiger partial charge in [0.2, 0.25) is 0 Å². The number of aliphatic hydroxyl groups is 1. The monoisotopic (exact) mass is 188 g/mol. The second-order valence-electron chi connectivity index (χ2n) is 4.18. The summed E-state index contributed by atoms with van der Waals surface area (Å²) >= 11 is 0. The Hall–Kier alpha value is -0.570. The van der Waals surface area contributed by atoms with Crippen LogP contribution in [0.2, 0.25) is 0 Å². The maximum Gasteiger partial charge on any atom is 0.302 e. The average Bonchev–Trinajstić information content (AvgIpc) is 2.00. The van der Waals surface area contributed by atoms with Gasteiger partial charge in [-0.25, -0.2) is 0 Å². The van der Waals surface area contributed by atoms with Crippen molar-refractivity contribution in [3.05, 3.63) is 0 Å². The number of rotatable bonds is 5. The van der Waals surface area contributed by atoms with E-state index in [0.29, 0.717) is 6.42 Å². The number of ether oxygens (including phenoxy) is 1. The lowest BCUT2D eigenvalue weighted by Crippen LogP contribution is -2.24. The minimum Gasteiger partial charge on any atom is -0.463 e. The zero-order chi connectivity index (χ0) is 10.5. The van der Waals surface area contributed by atoms with Crippen molar-refractivity contribution in [3.8, 4) is 0 Å². The van der Waals surface area contributed by atoms with E-state index in [9.17, 15) is 9.90 Å². The van der Waals surface area contributed by atoms with Gasteiger partial charge in [0.1, 0.15) is 6.61 Å². The van der Waals surface area contributed by atoms with Gasteiger partial charge in [-0.2, -0.15) is 0 Å². The molecule has 0 heterocycles. The van der Waals surface area contributed by atoms with Crippen LogP contribution in [0.5, 0.6) is 0 Å². The highest BCUT2D eigenvalue weighted by Crippen LogP contribution is 2.26. The second-order valence-corrected chi connectivity index (χ2v) is 4.18. The first kappa shape index (κ1) is 12.4. The minimum atomic E-state index is -0.543. The third-order valence-corrected chi connectivity index (χ3v) is 2.22. The van der Waals surface area contributed by atoms with Crippen LogP contribution in [-0.4, -0.2) is 23.8 Å². The summed E-state index contributed by atoms with van der Waals surface area (Å²) in [5.74, 6) is -0.339. The van der Waals surface area contributed by atoms with E-state index in [0.717, 1.165) is 6.42 Å². The highest BCUT2D eigenvalue weighted by atomic mass is 16.5. The van der Waals surface area contributed by atoms with Crippen LogP contribution in [0.3, 0.4) is 0 Å². The van der Waals surface area contributed by atoms with E-state index in [1.165, 1.54) is 6.92 Å². The zero-order valence-electron chi connectivity index (χ0n) is 8.96. The lowest BCUT2D eigenvalue weighted by atomic mass is 9.84. The summed E-state index contributed by atoms with van der Waals surface area (Å²) in [6.07, 6.45) is 1.12. The van der Waals surface area contributed by atoms with Crippen molar-refractivity contribution in [1.82, 2.24) is 0 Å². The first-order valence-electron chi connectivity index (χ1n) is 4.69. The first-order valence-corrected chi connectivity index (χ1v) is 4.69. The molecule has 78 valence electrons. The van der Waals surface area contributed by atoms with Crippen LogP contribution in [0.15, 0.2) is 0 Å². The van der Waals surface area contributed by atoms with Crippen molar-refractivity contribution in [3.63, 3.8) is 0 Å². The molecule has 3 nitrogen and oxygen atoms in total. The molecular weight excluding hydrogens is 168 g/mol. The van der Waals surface area contributed by atoms with Gasteiger partial charge in [0.15, 0.2) is 0 Å². The molecule has 0 aromatic heterocycles. The number of esters is 1. The SMILES string of the molecule is CCC(C)(C)CC(O)COC(C)=O. The molecule has 0 saturated heterocycles. The second kappa shape index (κ2) is 5.22. The van der Waals surface area contributed by atoms with E-state index in [1.54, 1.807) is 0 Å². The molecule has 0 rings (SSSR count). The quantitative estimate of drug-likeness (QED) is 0.668. The molecule has 13 heavy (non-hydrogen) atoms. The maximum absolute atomic E-state index is 10.5. The summed E-state index contributed by atoms with van der Waals surface area (Å²) in [7, 11) is 0. The highest BCUT2D eigenvalue weighted by molar-refractivity contribution is 5.65. The summed E-state index contributed by atoms with van der Waals surface area (Å²) in [4.78, 5) is 10.5. The molecule has 1 atom stereocenters. The number of carbonyl (C=O) groups is 1. The fourth-order valence-corrected chi connectivity index (χ4v) is 1.05. The van der Waals surface area contributed by atoms with Crippen LogP contribution in [0, 0.1) is 5.41 Å². The Labute approximate surface area is 80.1 Å². The van der Waals surface area contributed by atoms with Crippen LogP contribution >= 0.6 is 0 Å². The molecule has 0 bridgehead atoms. The normalized spacial score (nSPS) is 13.9. The molecule has 1 N–H and O–H groups in total. The van der Waals surface area contributed by atoms with Crippen LogP contribution < -0.4 is 0 Å². The van der Waals surface area contributed by atoms with Gasteiger partial charge in [-0.05, 0) is 11.8 Å². The van der Waals surface area contributed by atoms with E-state index in [-0.39, 0.29) is 18.0 Å². The van der Waals surface area contributed by atoms with Crippen molar-refractivity contribution >= 4 is 5.97 Å². The molecule has 0 aliphatic heterocycles. The largest absolute Gasteiger partial charge is 0.463 e. The predicted molar refractivity (Wildman–Crippen MR) is 51.3 cm³/mol. The molecule has 0 aromatic carbocycles. The molecule has 0 aromatic rings. The van der Waals surface area contributed by atoms with E-state index in [2.05, 4.69) is 20.8 Å². The molecule has 0 fully saturated rings. The Balaban J connectivity index is 3.73. The van der Waals surface area contributed by atoms with Gasteiger partial charge in [0.25, 0.3) is 0 Å². The number of hydrogen-bond acceptors (Lipinski definition) is 3. The molecule has 0 spiro atoms. The van der Waals surface area contributed by atoms with Gasteiger partial charge >= 0.3 is 5.97 Å². The standard InChI is InChI=1S/C10H20O3/c1-5-10(3,4)6-9(12)7-13-8(2)11/h9,12H,5-7H2,1-4H3. The lowest BCUT2D eigenvalue weighted by Gasteiger charge is -2.25. The summed E-state index contributed by atoms with van der Waals surface area (Å²) < 4.78 is 4.71. The number of aliphatic hydroxyl groups excluding tert-OH is 1. The Kier molecular flexibility index (Phi) is 4.99. The van der Waals surface area contributed by atoms with Gasteiger partial charge in [0.05, 0.1) is 6.10 Å². The Morgan fingerprint density at radius 1 is 1.54 bits per heavy atom. The van der Waals surface area contributed by atoms with Crippen molar-refractivity contribution in [2.75, 3.05) is 6.61 Å². The van der Waals surface area contributed by atoms with E-state index in [4.69, 9.17) is 4.74 Å². The number of hydrogen-bond donors (Lipinski definition) is 1. The third kappa shape index (κ3) is 6.58. The molecule has 0 aliphatic rings. The van der Waals surface area contributed by atoms with Gasteiger partial charge in [0, 0.05) is 6.92 Å². The molecule has 0 saturated carbocycles. The Morgan fingerprint density at radius 2 is 2.08 bits per heavy atom. The van der Waals surface area contributed by atoms with Crippen molar-refractivity contribution in [2.24, 2.45) is 5.41 Å². The average molecular weight is 188 g/mol. The molecule has 0 radical (unpaired) electrons. The summed E-state index contributed by atoms with van der Waals surface area (Å²) in [6.45, 7) is 7.71.